The van der Waals surface area contributed by atoms with Gasteiger partial charge >= 0.3 is 5.97 Å². The van der Waals surface area contributed by atoms with Crippen LogP contribution in [-0.4, -0.2) is 23.8 Å². The van der Waals surface area contributed by atoms with Crippen molar-refractivity contribution in [1.29, 1.82) is 0 Å². The first-order chi connectivity index (χ1) is 11.3. The third kappa shape index (κ3) is 3.93. The maximum atomic E-state index is 12.7. The van der Waals surface area contributed by atoms with Crippen LogP contribution in [0.15, 0.2) is 24.3 Å². The monoisotopic (exact) mass is 334 g/mol. The normalized spacial score (nSPS) is 36.6. The fourth-order valence-electron chi connectivity index (χ4n) is 4.23. The molecule has 24 heavy (non-hydrogen) atoms. The molecule has 0 aromatic carbocycles. The summed E-state index contributed by atoms with van der Waals surface area (Å²) in [6, 6.07) is 0. The summed E-state index contributed by atoms with van der Waals surface area (Å²) < 4.78 is 6.06. The largest absolute Gasteiger partial charge is 0.462 e. The molecule has 6 atom stereocenters. The standard InChI is InChI=1S/C21H34O3/c1-6-8-15-11-16-10-9-14(3)17(13-22)19(16)18(12-15)24-20(23)21(4,5)7-2/h6,8-10,14-19,22H,7,11-13H2,1-5H3/t14?,15?,16?,17-,18?,19-/m0/s1. The van der Waals surface area contributed by atoms with E-state index in [1.807, 2.05) is 27.7 Å². The van der Waals surface area contributed by atoms with Gasteiger partial charge in [-0.1, -0.05) is 38.2 Å². The van der Waals surface area contributed by atoms with E-state index in [2.05, 4.69) is 31.2 Å². The summed E-state index contributed by atoms with van der Waals surface area (Å²) in [6.07, 6.45) is 11.5. The molecular formula is C21H34O3. The van der Waals surface area contributed by atoms with Crippen LogP contribution in [0.25, 0.3) is 0 Å². The number of carbonyl (C=O) groups excluding carboxylic acids is 1. The number of allylic oxidation sites excluding steroid dienone is 4. The van der Waals surface area contributed by atoms with Gasteiger partial charge in [-0.25, -0.2) is 0 Å². The molecule has 0 bridgehead atoms. The van der Waals surface area contributed by atoms with E-state index in [9.17, 15) is 9.90 Å². The Bertz CT molecular complexity index is 491. The van der Waals surface area contributed by atoms with Crippen molar-refractivity contribution in [2.24, 2.45) is 35.0 Å². The quantitative estimate of drug-likeness (QED) is 0.600. The molecule has 0 radical (unpaired) electrons. The topological polar surface area (TPSA) is 46.5 Å². The van der Waals surface area contributed by atoms with Gasteiger partial charge in [0.1, 0.15) is 6.10 Å². The molecule has 2 aliphatic carbocycles. The number of fused-ring (bicyclic) bond motifs is 1. The van der Waals surface area contributed by atoms with Crippen LogP contribution in [0.4, 0.5) is 0 Å². The highest BCUT2D eigenvalue weighted by molar-refractivity contribution is 5.76. The minimum Gasteiger partial charge on any atom is -0.462 e. The zero-order valence-electron chi connectivity index (χ0n) is 15.9. The highest BCUT2D eigenvalue weighted by atomic mass is 16.5. The molecule has 2 rings (SSSR count). The summed E-state index contributed by atoms with van der Waals surface area (Å²) in [5.74, 6) is 1.46. The molecule has 1 fully saturated rings. The molecule has 0 heterocycles. The molecule has 1 N–H and O–H groups in total. The number of esters is 1. The van der Waals surface area contributed by atoms with Crippen LogP contribution in [0, 0.1) is 35.0 Å². The Kier molecular flexibility index (Phi) is 6.30. The fourth-order valence-corrected chi connectivity index (χ4v) is 4.23. The van der Waals surface area contributed by atoms with Crippen molar-refractivity contribution in [2.45, 2.75) is 60.0 Å². The average Bonchev–Trinajstić information content (AvgIpc) is 2.55. The lowest BCUT2D eigenvalue weighted by Crippen LogP contribution is -2.47. The van der Waals surface area contributed by atoms with E-state index in [-0.39, 0.29) is 30.5 Å². The second kappa shape index (κ2) is 7.86. The summed E-state index contributed by atoms with van der Waals surface area (Å²) in [6.45, 7) is 10.3. The summed E-state index contributed by atoms with van der Waals surface area (Å²) in [5, 5.41) is 9.94. The Labute approximate surface area is 147 Å². The summed E-state index contributed by atoms with van der Waals surface area (Å²) in [5.41, 5.74) is -0.451. The van der Waals surface area contributed by atoms with Crippen molar-refractivity contribution in [3.05, 3.63) is 24.3 Å². The van der Waals surface area contributed by atoms with Crippen molar-refractivity contribution >= 4 is 5.97 Å². The van der Waals surface area contributed by atoms with Crippen LogP contribution < -0.4 is 0 Å². The summed E-state index contributed by atoms with van der Waals surface area (Å²) in [7, 11) is 0. The number of hydrogen-bond donors (Lipinski definition) is 1. The molecule has 0 aromatic heterocycles. The average molecular weight is 335 g/mol. The van der Waals surface area contributed by atoms with Gasteiger partial charge in [0.05, 0.1) is 5.41 Å². The zero-order chi connectivity index (χ0) is 17.9. The first-order valence-corrected chi connectivity index (χ1v) is 9.47. The Morgan fingerprint density at radius 2 is 2.04 bits per heavy atom. The van der Waals surface area contributed by atoms with Gasteiger partial charge in [-0.3, -0.25) is 4.79 Å². The van der Waals surface area contributed by atoms with Crippen molar-refractivity contribution in [3.8, 4) is 0 Å². The predicted molar refractivity (Wildman–Crippen MR) is 97.3 cm³/mol. The molecule has 136 valence electrons. The van der Waals surface area contributed by atoms with Crippen LogP contribution in [-0.2, 0) is 9.53 Å². The molecule has 4 unspecified atom stereocenters. The minimum absolute atomic E-state index is 0.103. The number of hydrogen-bond acceptors (Lipinski definition) is 3. The zero-order valence-corrected chi connectivity index (χ0v) is 15.9. The lowest BCUT2D eigenvalue weighted by atomic mass is 9.61. The number of carbonyl (C=O) groups is 1. The Morgan fingerprint density at radius 1 is 1.33 bits per heavy atom. The van der Waals surface area contributed by atoms with Gasteiger partial charge in [0.15, 0.2) is 0 Å². The molecule has 0 aliphatic heterocycles. The van der Waals surface area contributed by atoms with Crippen molar-refractivity contribution < 1.29 is 14.6 Å². The molecular weight excluding hydrogens is 300 g/mol. The van der Waals surface area contributed by atoms with Crippen molar-refractivity contribution in [2.75, 3.05) is 6.61 Å². The lowest BCUT2D eigenvalue weighted by molar-refractivity contribution is -0.170. The lowest BCUT2D eigenvalue weighted by Gasteiger charge is -2.47. The van der Waals surface area contributed by atoms with E-state index in [0.29, 0.717) is 17.8 Å². The second-order valence-corrected chi connectivity index (χ2v) is 8.27. The highest BCUT2D eigenvalue weighted by Gasteiger charge is 2.46. The molecule has 1 saturated carbocycles. The molecule has 3 heteroatoms. The SMILES string of the molecule is CC=CC1CC2C=CC(C)[C@H](CO)[C@H]2C(OC(=O)C(C)(C)CC)C1. The van der Waals surface area contributed by atoms with Gasteiger partial charge in [-0.15, -0.1) is 0 Å². The van der Waals surface area contributed by atoms with E-state index in [1.54, 1.807) is 0 Å². The Balaban J connectivity index is 2.26. The van der Waals surface area contributed by atoms with Gasteiger partial charge in [-0.05, 0) is 63.7 Å². The van der Waals surface area contributed by atoms with Crippen LogP contribution in [0.5, 0.6) is 0 Å². The van der Waals surface area contributed by atoms with Crippen LogP contribution in [0.3, 0.4) is 0 Å². The Morgan fingerprint density at radius 3 is 2.62 bits per heavy atom. The van der Waals surface area contributed by atoms with Crippen molar-refractivity contribution in [1.82, 2.24) is 0 Å². The molecule has 0 spiro atoms. The smallest absolute Gasteiger partial charge is 0.311 e. The van der Waals surface area contributed by atoms with Crippen LogP contribution >= 0.6 is 0 Å². The van der Waals surface area contributed by atoms with E-state index in [1.165, 1.54) is 0 Å². The fraction of sp³-hybridized carbons (Fsp3) is 0.762. The maximum Gasteiger partial charge on any atom is 0.311 e. The number of aliphatic hydroxyl groups is 1. The van der Waals surface area contributed by atoms with Gasteiger partial charge < -0.3 is 9.84 Å². The van der Waals surface area contributed by atoms with Gasteiger partial charge in [0.25, 0.3) is 0 Å². The predicted octanol–water partition coefficient (Wildman–Crippen LogP) is 4.37. The van der Waals surface area contributed by atoms with E-state index >= 15 is 0 Å². The third-order valence-electron chi connectivity index (χ3n) is 6.24. The van der Waals surface area contributed by atoms with Crippen LogP contribution in [0.2, 0.25) is 0 Å². The first-order valence-electron chi connectivity index (χ1n) is 9.47. The highest BCUT2D eigenvalue weighted by Crippen LogP contribution is 2.46. The third-order valence-corrected chi connectivity index (χ3v) is 6.24. The first kappa shape index (κ1) is 19.2. The summed E-state index contributed by atoms with van der Waals surface area (Å²) in [4.78, 5) is 12.7. The molecule has 0 saturated heterocycles. The van der Waals surface area contributed by atoms with Crippen molar-refractivity contribution in [3.63, 3.8) is 0 Å². The van der Waals surface area contributed by atoms with E-state index in [4.69, 9.17) is 4.74 Å². The molecule has 3 nitrogen and oxygen atoms in total. The maximum absolute atomic E-state index is 12.7. The summed E-state index contributed by atoms with van der Waals surface area (Å²) >= 11 is 0. The number of aliphatic hydroxyl groups excluding tert-OH is 1. The van der Waals surface area contributed by atoms with Gasteiger partial charge in [0.2, 0.25) is 0 Å². The molecule has 0 amide bonds. The van der Waals surface area contributed by atoms with Crippen LogP contribution in [0.1, 0.15) is 53.9 Å². The number of rotatable bonds is 5. The van der Waals surface area contributed by atoms with Gasteiger partial charge in [-0.2, -0.15) is 0 Å². The minimum atomic E-state index is -0.451. The number of ether oxygens (including phenoxy) is 1. The Hall–Kier alpha value is -1.09. The molecule has 2 aliphatic rings. The van der Waals surface area contributed by atoms with E-state index < -0.39 is 5.41 Å². The van der Waals surface area contributed by atoms with Gasteiger partial charge in [0, 0.05) is 12.5 Å². The molecule has 0 aromatic rings. The van der Waals surface area contributed by atoms with E-state index in [0.717, 1.165) is 19.3 Å². The second-order valence-electron chi connectivity index (χ2n) is 8.27.